The van der Waals surface area contributed by atoms with E-state index in [9.17, 15) is 14.9 Å². The number of carboxylic acids is 1. The topological polar surface area (TPSA) is 83.7 Å². The van der Waals surface area contributed by atoms with E-state index in [4.69, 9.17) is 5.11 Å². The van der Waals surface area contributed by atoms with Gasteiger partial charge < -0.3 is 10.0 Å². The van der Waals surface area contributed by atoms with Crippen LogP contribution in [0.15, 0.2) is 12.1 Å². The standard InChI is InChI=1S/C10H14N2O4S/c1-7(10(13)14)5-11(2)6-8-3-4-9(17-8)12(15)16/h3-4,7H,5-6H2,1-2H3,(H,13,14). The summed E-state index contributed by atoms with van der Waals surface area (Å²) in [5, 5.41) is 19.4. The predicted octanol–water partition coefficient (Wildman–Crippen LogP) is 1.81. The number of thiophene rings is 1. The number of aliphatic carboxylic acids is 1. The zero-order valence-corrected chi connectivity index (χ0v) is 10.4. The normalized spacial score (nSPS) is 12.6. The van der Waals surface area contributed by atoms with Gasteiger partial charge in [0.15, 0.2) is 0 Å². The van der Waals surface area contributed by atoms with Crippen LogP contribution in [0.5, 0.6) is 0 Å². The molecule has 0 saturated carbocycles. The van der Waals surface area contributed by atoms with Crippen LogP contribution in [0.4, 0.5) is 5.00 Å². The van der Waals surface area contributed by atoms with Gasteiger partial charge in [-0.2, -0.15) is 0 Å². The third-order valence-electron chi connectivity index (χ3n) is 2.26. The van der Waals surface area contributed by atoms with Gasteiger partial charge in [-0.25, -0.2) is 0 Å². The molecule has 0 aliphatic carbocycles. The maximum Gasteiger partial charge on any atom is 0.324 e. The molecule has 0 radical (unpaired) electrons. The number of carbonyl (C=O) groups is 1. The van der Waals surface area contributed by atoms with Crippen LogP contribution in [0.1, 0.15) is 11.8 Å². The van der Waals surface area contributed by atoms with Gasteiger partial charge in [-0.15, -0.1) is 0 Å². The first kappa shape index (κ1) is 13.6. The predicted molar refractivity (Wildman–Crippen MR) is 64.1 cm³/mol. The molecule has 1 rings (SSSR count). The molecule has 1 N–H and O–H groups in total. The Labute approximate surface area is 103 Å². The molecule has 6 nitrogen and oxygen atoms in total. The van der Waals surface area contributed by atoms with Crippen molar-refractivity contribution in [3.8, 4) is 0 Å². The summed E-state index contributed by atoms with van der Waals surface area (Å²) in [5.74, 6) is -1.29. The largest absolute Gasteiger partial charge is 0.481 e. The molecule has 7 heteroatoms. The molecule has 1 atom stereocenters. The lowest BCUT2D eigenvalue weighted by Gasteiger charge is -2.17. The zero-order valence-electron chi connectivity index (χ0n) is 9.62. The van der Waals surface area contributed by atoms with Crippen molar-refractivity contribution in [3.05, 3.63) is 27.1 Å². The van der Waals surface area contributed by atoms with E-state index >= 15 is 0 Å². The van der Waals surface area contributed by atoms with Crippen molar-refractivity contribution in [1.82, 2.24) is 4.90 Å². The summed E-state index contributed by atoms with van der Waals surface area (Å²) in [6, 6.07) is 3.17. The van der Waals surface area contributed by atoms with Crippen LogP contribution in [0.2, 0.25) is 0 Å². The fraction of sp³-hybridized carbons (Fsp3) is 0.500. The van der Waals surface area contributed by atoms with Crippen molar-refractivity contribution in [1.29, 1.82) is 0 Å². The minimum atomic E-state index is -0.839. The van der Waals surface area contributed by atoms with Crippen LogP contribution in [0, 0.1) is 16.0 Å². The highest BCUT2D eigenvalue weighted by Gasteiger charge is 2.15. The first-order valence-corrected chi connectivity index (χ1v) is 5.86. The highest BCUT2D eigenvalue weighted by Crippen LogP contribution is 2.24. The molecule has 0 amide bonds. The van der Waals surface area contributed by atoms with E-state index in [1.54, 1.807) is 20.0 Å². The Morgan fingerprint density at radius 3 is 2.76 bits per heavy atom. The molecule has 17 heavy (non-hydrogen) atoms. The van der Waals surface area contributed by atoms with Gasteiger partial charge in [0.05, 0.1) is 10.8 Å². The van der Waals surface area contributed by atoms with Crippen LogP contribution in [0.3, 0.4) is 0 Å². The summed E-state index contributed by atoms with van der Waals surface area (Å²) in [4.78, 5) is 23.4. The van der Waals surface area contributed by atoms with E-state index in [0.29, 0.717) is 13.1 Å². The number of hydrogen-bond acceptors (Lipinski definition) is 5. The molecule has 1 heterocycles. The number of nitrogens with zero attached hydrogens (tertiary/aromatic N) is 2. The van der Waals surface area contributed by atoms with Crippen LogP contribution >= 0.6 is 11.3 Å². The van der Waals surface area contributed by atoms with Gasteiger partial charge in [0.25, 0.3) is 0 Å². The first-order valence-electron chi connectivity index (χ1n) is 5.04. The van der Waals surface area contributed by atoms with Gasteiger partial charge >= 0.3 is 11.0 Å². The Hall–Kier alpha value is -1.47. The van der Waals surface area contributed by atoms with E-state index in [1.807, 2.05) is 4.90 Å². The van der Waals surface area contributed by atoms with E-state index in [2.05, 4.69) is 0 Å². The second-order valence-corrected chi connectivity index (χ2v) is 5.08. The van der Waals surface area contributed by atoms with E-state index < -0.39 is 16.8 Å². The van der Waals surface area contributed by atoms with Crippen LogP contribution in [0.25, 0.3) is 0 Å². The minimum Gasteiger partial charge on any atom is -0.481 e. The summed E-state index contributed by atoms with van der Waals surface area (Å²) >= 11 is 1.12. The Bertz CT molecular complexity index is 418. The van der Waals surface area contributed by atoms with Crippen LogP contribution < -0.4 is 0 Å². The summed E-state index contributed by atoms with van der Waals surface area (Å²) in [6.07, 6.45) is 0. The molecule has 94 valence electrons. The van der Waals surface area contributed by atoms with E-state index in [-0.39, 0.29) is 5.00 Å². The highest BCUT2D eigenvalue weighted by molar-refractivity contribution is 7.15. The molecular weight excluding hydrogens is 244 g/mol. The van der Waals surface area contributed by atoms with Crippen molar-refractivity contribution in [3.63, 3.8) is 0 Å². The molecule has 0 aliphatic rings. The summed E-state index contributed by atoms with van der Waals surface area (Å²) in [5.41, 5.74) is 0. The van der Waals surface area contributed by atoms with Gasteiger partial charge in [-0.05, 0) is 13.1 Å². The van der Waals surface area contributed by atoms with Crippen molar-refractivity contribution in [2.75, 3.05) is 13.6 Å². The quantitative estimate of drug-likeness (QED) is 0.621. The fourth-order valence-corrected chi connectivity index (χ4v) is 2.33. The molecule has 0 saturated heterocycles. The summed E-state index contributed by atoms with van der Waals surface area (Å²) < 4.78 is 0. The molecule has 0 bridgehead atoms. The van der Waals surface area contributed by atoms with E-state index in [1.165, 1.54) is 6.07 Å². The summed E-state index contributed by atoms with van der Waals surface area (Å²) in [7, 11) is 1.80. The number of hydrogen-bond donors (Lipinski definition) is 1. The third kappa shape index (κ3) is 4.12. The minimum absolute atomic E-state index is 0.111. The number of nitro groups is 1. The molecule has 0 fully saturated rings. The van der Waals surface area contributed by atoms with Crippen LogP contribution in [-0.4, -0.2) is 34.5 Å². The lowest BCUT2D eigenvalue weighted by Crippen LogP contribution is -2.27. The number of carboxylic acid groups (broad SMARTS) is 1. The average Bonchev–Trinajstić information content (AvgIpc) is 2.65. The molecule has 1 aromatic heterocycles. The van der Waals surface area contributed by atoms with Crippen LogP contribution in [-0.2, 0) is 11.3 Å². The fourth-order valence-electron chi connectivity index (χ4n) is 1.43. The van der Waals surface area contributed by atoms with E-state index in [0.717, 1.165) is 16.2 Å². The van der Waals surface area contributed by atoms with Gasteiger partial charge in [0.1, 0.15) is 0 Å². The second kappa shape index (κ2) is 5.74. The smallest absolute Gasteiger partial charge is 0.324 e. The second-order valence-electron chi connectivity index (χ2n) is 3.93. The first-order chi connectivity index (χ1) is 7.90. The molecular formula is C10H14N2O4S. The van der Waals surface area contributed by atoms with Gasteiger partial charge in [0.2, 0.25) is 0 Å². The Morgan fingerprint density at radius 2 is 2.29 bits per heavy atom. The lowest BCUT2D eigenvalue weighted by atomic mass is 10.2. The maximum atomic E-state index is 10.7. The lowest BCUT2D eigenvalue weighted by molar-refractivity contribution is -0.380. The van der Waals surface area contributed by atoms with Gasteiger partial charge in [-0.1, -0.05) is 18.3 Å². The highest BCUT2D eigenvalue weighted by atomic mass is 32.1. The third-order valence-corrected chi connectivity index (χ3v) is 3.28. The average molecular weight is 258 g/mol. The molecule has 0 spiro atoms. The Morgan fingerprint density at radius 1 is 1.65 bits per heavy atom. The van der Waals surface area contributed by atoms with Gasteiger partial charge in [-0.3, -0.25) is 14.9 Å². The summed E-state index contributed by atoms with van der Waals surface area (Å²) in [6.45, 7) is 2.58. The van der Waals surface area contributed by atoms with Crippen molar-refractivity contribution < 1.29 is 14.8 Å². The SMILES string of the molecule is CC(CN(C)Cc1ccc([N+](=O)[O-])s1)C(=O)O. The molecule has 1 unspecified atom stereocenters. The molecule has 0 aliphatic heterocycles. The van der Waals surface area contributed by atoms with Crippen molar-refractivity contribution >= 4 is 22.3 Å². The van der Waals surface area contributed by atoms with Crippen molar-refractivity contribution in [2.24, 2.45) is 5.92 Å². The zero-order chi connectivity index (χ0) is 13.0. The Kier molecular flexibility index (Phi) is 4.59. The van der Waals surface area contributed by atoms with Crippen molar-refractivity contribution in [2.45, 2.75) is 13.5 Å². The Balaban J connectivity index is 2.53. The monoisotopic (exact) mass is 258 g/mol. The molecule has 0 aromatic carbocycles. The molecule has 1 aromatic rings. The number of rotatable bonds is 6. The van der Waals surface area contributed by atoms with Gasteiger partial charge in [0, 0.05) is 24.0 Å². The maximum absolute atomic E-state index is 10.7.